The standard InChI is InChI=1S/C27H25NO3/c29-26(25-20-8-2-5-11-23(20)30-24-12-6-3-9-21(24)25)28-17-15-27(16-18-28)14-13-19-7-1-4-10-22(19)31-27/h1-12,25H,13-18H2. The fourth-order valence-corrected chi connectivity index (χ4v) is 5.30. The van der Waals surface area contributed by atoms with E-state index in [0.717, 1.165) is 67.1 Å². The summed E-state index contributed by atoms with van der Waals surface area (Å²) in [5, 5.41) is 0. The van der Waals surface area contributed by atoms with Gasteiger partial charge in [-0.15, -0.1) is 0 Å². The Morgan fingerprint density at radius 3 is 2.03 bits per heavy atom. The highest BCUT2D eigenvalue weighted by Gasteiger charge is 2.42. The number of hydrogen-bond acceptors (Lipinski definition) is 3. The number of benzene rings is 3. The number of piperidine rings is 1. The topological polar surface area (TPSA) is 38.8 Å². The quantitative estimate of drug-likeness (QED) is 0.545. The van der Waals surface area contributed by atoms with Gasteiger partial charge < -0.3 is 14.4 Å². The first-order valence-electron chi connectivity index (χ1n) is 11.1. The van der Waals surface area contributed by atoms with Crippen LogP contribution >= 0.6 is 0 Å². The molecule has 6 rings (SSSR count). The van der Waals surface area contributed by atoms with Crippen molar-refractivity contribution in [2.24, 2.45) is 0 Å². The smallest absolute Gasteiger partial charge is 0.234 e. The Hall–Kier alpha value is -3.27. The Kier molecular flexibility index (Phi) is 4.27. The Morgan fingerprint density at radius 1 is 0.774 bits per heavy atom. The second-order valence-corrected chi connectivity index (χ2v) is 8.83. The summed E-state index contributed by atoms with van der Waals surface area (Å²) in [5.41, 5.74) is 3.06. The van der Waals surface area contributed by atoms with Gasteiger partial charge in [0.25, 0.3) is 0 Å². The lowest BCUT2D eigenvalue weighted by Crippen LogP contribution is -2.52. The minimum Gasteiger partial charge on any atom is -0.487 e. The van der Waals surface area contributed by atoms with E-state index in [1.807, 2.05) is 59.5 Å². The SMILES string of the molecule is O=C(C1c2ccccc2Oc2ccccc21)N1CCC2(CCc3ccccc3O2)CC1. The van der Waals surface area contributed by atoms with E-state index >= 15 is 0 Å². The molecule has 4 heteroatoms. The third-order valence-electron chi connectivity index (χ3n) is 7.06. The molecule has 3 aliphatic heterocycles. The molecule has 4 nitrogen and oxygen atoms in total. The van der Waals surface area contributed by atoms with Gasteiger partial charge in [0, 0.05) is 37.1 Å². The number of amides is 1. The van der Waals surface area contributed by atoms with Crippen LogP contribution in [0.2, 0.25) is 0 Å². The van der Waals surface area contributed by atoms with Crippen LogP contribution in [0.5, 0.6) is 17.2 Å². The monoisotopic (exact) mass is 411 g/mol. The number of ether oxygens (including phenoxy) is 2. The van der Waals surface area contributed by atoms with Crippen molar-refractivity contribution < 1.29 is 14.3 Å². The molecule has 3 heterocycles. The predicted molar refractivity (Wildman–Crippen MR) is 119 cm³/mol. The zero-order valence-electron chi connectivity index (χ0n) is 17.4. The summed E-state index contributed by atoms with van der Waals surface area (Å²) in [6, 6.07) is 24.1. The summed E-state index contributed by atoms with van der Waals surface area (Å²) < 4.78 is 12.6. The summed E-state index contributed by atoms with van der Waals surface area (Å²) in [6.07, 6.45) is 3.82. The lowest BCUT2D eigenvalue weighted by Gasteiger charge is -2.45. The zero-order chi connectivity index (χ0) is 20.8. The number of likely N-dealkylation sites (tertiary alicyclic amines) is 1. The molecule has 1 saturated heterocycles. The van der Waals surface area contributed by atoms with E-state index in [-0.39, 0.29) is 17.4 Å². The van der Waals surface area contributed by atoms with Gasteiger partial charge in [0.2, 0.25) is 5.91 Å². The van der Waals surface area contributed by atoms with Gasteiger partial charge in [0.1, 0.15) is 22.8 Å². The average molecular weight is 412 g/mol. The highest BCUT2D eigenvalue weighted by Crippen LogP contribution is 2.46. The first-order valence-corrected chi connectivity index (χ1v) is 11.1. The maximum atomic E-state index is 13.8. The molecule has 3 aliphatic rings. The van der Waals surface area contributed by atoms with Crippen molar-refractivity contribution in [3.05, 3.63) is 89.5 Å². The summed E-state index contributed by atoms with van der Waals surface area (Å²) in [6.45, 7) is 1.45. The number of fused-ring (bicyclic) bond motifs is 3. The number of aryl methyl sites for hydroxylation is 1. The number of carbonyl (C=O) groups is 1. The summed E-state index contributed by atoms with van der Waals surface area (Å²) in [5.74, 6) is 2.42. The van der Waals surface area contributed by atoms with Crippen LogP contribution in [-0.4, -0.2) is 29.5 Å². The zero-order valence-corrected chi connectivity index (χ0v) is 17.4. The van der Waals surface area contributed by atoms with Gasteiger partial charge in [-0.25, -0.2) is 0 Å². The molecule has 0 bridgehead atoms. The predicted octanol–water partition coefficient (Wildman–Crippen LogP) is 5.31. The van der Waals surface area contributed by atoms with Crippen molar-refractivity contribution in [2.45, 2.75) is 37.2 Å². The number of rotatable bonds is 1. The maximum absolute atomic E-state index is 13.8. The van der Waals surface area contributed by atoms with Crippen LogP contribution in [0.1, 0.15) is 41.9 Å². The molecule has 0 N–H and O–H groups in total. The van der Waals surface area contributed by atoms with E-state index in [1.165, 1.54) is 5.56 Å². The molecule has 156 valence electrons. The Bertz CT molecular complexity index is 1100. The summed E-state index contributed by atoms with van der Waals surface area (Å²) in [7, 11) is 0. The lowest BCUT2D eigenvalue weighted by molar-refractivity contribution is -0.136. The van der Waals surface area contributed by atoms with Crippen molar-refractivity contribution in [3.63, 3.8) is 0 Å². The molecule has 1 fully saturated rings. The third kappa shape index (κ3) is 3.09. The molecule has 3 aromatic rings. The number of hydrogen-bond donors (Lipinski definition) is 0. The van der Waals surface area contributed by atoms with Crippen LogP contribution < -0.4 is 9.47 Å². The molecule has 0 radical (unpaired) electrons. The van der Waals surface area contributed by atoms with Crippen LogP contribution in [0.15, 0.2) is 72.8 Å². The molecule has 0 aromatic heterocycles. The maximum Gasteiger partial charge on any atom is 0.234 e. The second kappa shape index (κ2) is 7.16. The van der Waals surface area contributed by atoms with E-state index in [9.17, 15) is 4.79 Å². The Morgan fingerprint density at radius 2 is 1.35 bits per heavy atom. The van der Waals surface area contributed by atoms with Crippen molar-refractivity contribution in [2.75, 3.05) is 13.1 Å². The van der Waals surface area contributed by atoms with E-state index in [1.54, 1.807) is 0 Å². The fraction of sp³-hybridized carbons (Fsp3) is 0.296. The molecule has 0 unspecified atom stereocenters. The van der Waals surface area contributed by atoms with Crippen LogP contribution in [0, 0.1) is 0 Å². The second-order valence-electron chi connectivity index (χ2n) is 8.83. The van der Waals surface area contributed by atoms with Gasteiger partial charge in [-0.2, -0.15) is 0 Å². The van der Waals surface area contributed by atoms with Gasteiger partial charge in [0.15, 0.2) is 0 Å². The van der Waals surface area contributed by atoms with Crippen LogP contribution in [0.3, 0.4) is 0 Å². The number of nitrogens with zero attached hydrogens (tertiary/aromatic N) is 1. The summed E-state index contributed by atoms with van der Waals surface area (Å²) in [4.78, 5) is 15.8. The molecule has 0 aliphatic carbocycles. The molecule has 31 heavy (non-hydrogen) atoms. The van der Waals surface area contributed by atoms with E-state index in [0.29, 0.717) is 0 Å². The summed E-state index contributed by atoms with van der Waals surface area (Å²) >= 11 is 0. The van der Waals surface area contributed by atoms with Crippen LogP contribution in [0.4, 0.5) is 0 Å². The fourth-order valence-electron chi connectivity index (χ4n) is 5.30. The minimum absolute atomic E-state index is 0.142. The van der Waals surface area contributed by atoms with Crippen LogP contribution in [0.25, 0.3) is 0 Å². The van der Waals surface area contributed by atoms with Gasteiger partial charge >= 0.3 is 0 Å². The molecule has 1 amide bonds. The normalized spacial score (nSPS) is 18.9. The number of carbonyl (C=O) groups excluding carboxylic acids is 1. The van der Waals surface area contributed by atoms with Gasteiger partial charge in [-0.1, -0.05) is 54.6 Å². The van der Waals surface area contributed by atoms with Gasteiger partial charge in [-0.05, 0) is 36.6 Å². The average Bonchev–Trinajstić information content (AvgIpc) is 2.82. The van der Waals surface area contributed by atoms with Crippen LogP contribution in [-0.2, 0) is 11.2 Å². The van der Waals surface area contributed by atoms with E-state index < -0.39 is 0 Å². The van der Waals surface area contributed by atoms with E-state index in [4.69, 9.17) is 9.47 Å². The Labute approximate surface area is 182 Å². The molecule has 0 saturated carbocycles. The van der Waals surface area contributed by atoms with Crippen molar-refractivity contribution >= 4 is 5.91 Å². The van der Waals surface area contributed by atoms with Gasteiger partial charge in [0.05, 0.1) is 5.92 Å². The van der Waals surface area contributed by atoms with Crippen molar-refractivity contribution in [1.29, 1.82) is 0 Å². The van der Waals surface area contributed by atoms with Crippen molar-refractivity contribution in [3.8, 4) is 17.2 Å². The lowest BCUT2D eigenvalue weighted by atomic mass is 9.81. The van der Waals surface area contributed by atoms with Gasteiger partial charge in [-0.3, -0.25) is 4.79 Å². The molecule has 0 atom stereocenters. The minimum atomic E-state index is -0.316. The molecular weight excluding hydrogens is 386 g/mol. The number of para-hydroxylation sites is 3. The largest absolute Gasteiger partial charge is 0.487 e. The van der Waals surface area contributed by atoms with E-state index in [2.05, 4.69) is 18.2 Å². The highest BCUT2D eigenvalue weighted by molar-refractivity contribution is 5.89. The molecule has 3 aromatic carbocycles. The molecular formula is C27H25NO3. The first-order chi connectivity index (χ1) is 15.2. The first kappa shape index (κ1) is 18.5. The molecule has 1 spiro atoms. The van der Waals surface area contributed by atoms with Crippen molar-refractivity contribution in [1.82, 2.24) is 4.90 Å². The Balaban J connectivity index is 1.25. The third-order valence-corrected chi connectivity index (χ3v) is 7.06. The highest BCUT2D eigenvalue weighted by atomic mass is 16.5.